The van der Waals surface area contributed by atoms with Gasteiger partial charge in [0.05, 0.1) is 10.6 Å². The Bertz CT molecular complexity index is 975. The van der Waals surface area contributed by atoms with Crippen LogP contribution in [0.2, 0.25) is 5.02 Å². The second-order valence-corrected chi connectivity index (χ2v) is 6.74. The van der Waals surface area contributed by atoms with Crippen molar-refractivity contribution in [2.75, 3.05) is 0 Å². The van der Waals surface area contributed by atoms with Crippen molar-refractivity contribution in [3.8, 4) is 22.6 Å². The molecular formula is C20H13BrClFO3. The van der Waals surface area contributed by atoms with Crippen LogP contribution in [0.1, 0.15) is 15.9 Å². The fourth-order valence-electron chi connectivity index (χ4n) is 2.49. The van der Waals surface area contributed by atoms with Gasteiger partial charge in [0.1, 0.15) is 23.9 Å². The Morgan fingerprint density at radius 3 is 2.65 bits per heavy atom. The van der Waals surface area contributed by atoms with Gasteiger partial charge in [-0.3, -0.25) is 4.79 Å². The highest BCUT2D eigenvalue weighted by atomic mass is 79.9. The summed E-state index contributed by atoms with van der Waals surface area (Å²) in [6.07, 6.45) is 0.518. The monoisotopic (exact) mass is 434 g/mol. The Morgan fingerprint density at radius 1 is 1.15 bits per heavy atom. The van der Waals surface area contributed by atoms with Crippen molar-refractivity contribution in [2.24, 2.45) is 0 Å². The Labute approximate surface area is 163 Å². The van der Waals surface area contributed by atoms with Gasteiger partial charge >= 0.3 is 0 Å². The average Bonchev–Trinajstić information content (AvgIpc) is 2.63. The highest BCUT2D eigenvalue weighted by Crippen LogP contribution is 2.34. The number of carbonyl (C=O) groups excluding carboxylic acids is 1. The molecule has 0 saturated carbocycles. The first-order chi connectivity index (χ1) is 12.5. The smallest absolute Gasteiger partial charge is 0.153 e. The third kappa shape index (κ3) is 3.89. The number of aromatic hydroxyl groups is 1. The van der Waals surface area contributed by atoms with E-state index in [1.54, 1.807) is 6.07 Å². The van der Waals surface area contributed by atoms with Crippen molar-refractivity contribution in [1.82, 2.24) is 0 Å². The van der Waals surface area contributed by atoms with Gasteiger partial charge in [0.2, 0.25) is 0 Å². The molecule has 3 nitrogen and oxygen atoms in total. The van der Waals surface area contributed by atoms with E-state index in [4.69, 9.17) is 16.3 Å². The molecule has 6 heteroatoms. The molecule has 0 atom stereocenters. The summed E-state index contributed by atoms with van der Waals surface area (Å²) < 4.78 is 20.0. The van der Waals surface area contributed by atoms with Crippen LogP contribution in [0.3, 0.4) is 0 Å². The predicted molar refractivity (Wildman–Crippen MR) is 102 cm³/mol. The summed E-state index contributed by atoms with van der Waals surface area (Å²) in [5.41, 5.74) is 2.49. The van der Waals surface area contributed by atoms with Gasteiger partial charge in [-0.15, -0.1) is 0 Å². The Balaban J connectivity index is 1.87. The van der Waals surface area contributed by atoms with E-state index in [2.05, 4.69) is 15.9 Å². The first kappa shape index (κ1) is 18.4. The normalized spacial score (nSPS) is 10.6. The second-order valence-electron chi connectivity index (χ2n) is 5.54. The molecule has 0 bridgehead atoms. The predicted octanol–water partition coefficient (Wildman–Crippen LogP) is 6.01. The zero-order chi connectivity index (χ0) is 18.7. The van der Waals surface area contributed by atoms with E-state index < -0.39 is 0 Å². The van der Waals surface area contributed by atoms with Gasteiger partial charge in [-0.05, 0) is 45.3 Å². The zero-order valence-corrected chi connectivity index (χ0v) is 15.7. The van der Waals surface area contributed by atoms with E-state index in [0.29, 0.717) is 6.29 Å². The van der Waals surface area contributed by atoms with Gasteiger partial charge in [-0.25, -0.2) is 4.39 Å². The number of ether oxygens (including phenoxy) is 1. The minimum absolute atomic E-state index is 0.0941. The highest BCUT2D eigenvalue weighted by Gasteiger charge is 2.12. The molecular weight excluding hydrogens is 423 g/mol. The number of hydrogen-bond donors (Lipinski definition) is 1. The molecule has 0 aliphatic rings. The molecule has 0 unspecified atom stereocenters. The lowest BCUT2D eigenvalue weighted by atomic mass is 10.0. The van der Waals surface area contributed by atoms with E-state index in [9.17, 15) is 14.3 Å². The number of phenolic OH excluding ortho intramolecular Hbond substituents is 1. The zero-order valence-electron chi connectivity index (χ0n) is 13.4. The Hall–Kier alpha value is -2.37. The summed E-state index contributed by atoms with van der Waals surface area (Å²) in [5, 5.41) is 10.00. The van der Waals surface area contributed by atoms with Gasteiger partial charge in [0.15, 0.2) is 6.29 Å². The summed E-state index contributed by atoms with van der Waals surface area (Å²) in [5.74, 6) is -0.251. The number of phenols is 1. The molecule has 3 aromatic carbocycles. The second kappa shape index (κ2) is 7.89. The molecule has 0 aromatic heterocycles. The van der Waals surface area contributed by atoms with Crippen molar-refractivity contribution in [1.29, 1.82) is 0 Å². The van der Waals surface area contributed by atoms with E-state index in [1.807, 2.05) is 24.3 Å². The van der Waals surface area contributed by atoms with Crippen LogP contribution in [0, 0.1) is 5.82 Å². The van der Waals surface area contributed by atoms with E-state index in [1.165, 1.54) is 24.3 Å². The van der Waals surface area contributed by atoms with Crippen LogP contribution in [0.5, 0.6) is 11.5 Å². The number of carbonyl (C=O) groups is 1. The van der Waals surface area contributed by atoms with E-state index in [0.717, 1.165) is 21.2 Å². The highest BCUT2D eigenvalue weighted by molar-refractivity contribution is 9.10. The van der Waals surface area contributed by atoms with Crippen molar-refractivity contribution in [3.05, 3.63) is 81.0 Å². The summed E-state index contributed by atoms with van der Waals surface area (Å²) >= 11 is 9.62. The molecule has 26 heavy (non-hydrogen) atoms. The molecule has 0 amide bonds. The quantitative estimate of drug-likeness (QED) is 0.500. The summed E-state index contributed by atoms with van der Waals surface area (Å²) in [6, 6.07) is 14.5. The Kier molecular flexibility index (Phi) is 5.59. The van der Waals surface area contributed by atoms with Crippen LogP contribution in [0.4, 0.5) is 4.39 Å². The third-order valence-corrected chi connectivity index (χ3v) is 5.04. The SMILES string of the molecule is O=Cc1cc(Cl)c(OCc2cccc(-c3cccc(F)c3)c2Br)cc1O. The van der Waals surface area contributed by atoms with Gasteiger partial charge in [0, 0.05) is 16.1 Å². The first-order valence-corrected chi connectivity index (χ1v) is 8.80. The van der Waals surface area contributed by atoms with Crippen molar-refractivity contribution < 1.29 is 19.0 Å². The molecule has 1 N–H and O–H groups in total. The average molecular weight is 436 g/mol. The van der Waals surface area contributed by atoms with E-state index >= 15 is 0 Å². The topological polar surface area (TPSA) is 46.5 Å². The van der Waals surface area contributed by atoms with Crippen molar-refractivity contribution >= 4 is 33.8 Å². The number of hydrogen-bond acceptors (Lipinski definition) is 3. The van der Waals surface area contributed by atoms with Crippen LogP contribution in [-0.2, 0) is 6.61 Å². The fraction of sp³-hybridized carbons (Fsp3) is 0.0500. The molecule has 0 aliphatic heterocycles. The minimum Gasteiger partial charge on any atom is -0.507 e. The summed E-state index contributed by atoms with van der Waals surface area (Å²) in [6.45, 7) is 0.170. The minimum atomic E-state index is -0.312. The van der Waals surface area contributed by atoms with Gasteiger partial charge < -0.3 is 9.84 Å². The maximum atomic E-state index is 13.5. The molecule has 0 fully saturated rings. The van der Waals surface area contributed by atoms with Gasteiger partial charge in [0.25, 0.3) is 0 Å². The first-order valence-electron chi connectivity index (χ1n) is 7.63. The van der Waals surface area contributed by atoms with Gasteiger partial charge in [-0.1, -0.05) is 41.9 Å². The lowest BCUT2D eigenvalue weighted by Gasteiger charge is -2.13. The number of halogens is 3. The molecule has 0 saturated heterocycles. The summed E-state index contributed by atoms with van der Waals surface area (Å²) in [7, 11) is 0. The lowest BCUT2D eigenvalue weighted by Crippen LogP contribution is -1.99. The van der Waals surface area contributed by atoms with Crippen molar-refractivity contribution in [2.45, 2.75) is 6.61 Å². The lowest BCUT2D eigenvalue weighted by molar-refractivity contribution is 0.112. The third-order valence-electron chi connectivity index (χ3n) is 3.81. The fourth-order valence-corrected chi connectivity index (χ4v) is 3.32. The summed E-state index contributed by atoms with van der Waals surface area (Å²) in [4.78, 5) is 10.8. The van der Waals surface area contributed by atoms with Crippen LogP contribution >= 0.6 is 27.5 Å². The van der Waals surface area contributed by atoms with Crippen molar-refractivity contribution in [3.63, 3.8) is 0 Å². The maximum Gasteiger partial charge on any atom is 0.153 e. The molecule has 132 valence electrons. The number of benzene rings is 3. The van der Waals surface area contributed by atoms with Crippen LogP contribution < -0.4 is 4.74 Å². The maximum absolute atomic E-state index is 13.5. The number of rotatable bonds is 5. The molecule has 0 radical (unpaired) electrons. The molecule has 0 aliphatic carbocycles. The molecule has 0 heterocycles. The molecule has 3 rings (SSSR count). The Morgan fingerprint density at radius 2 is 1.92 bits per heavy atom. The molecule has 0 spiro atoms. The molecule has 3 aromatic rings. The van der Waals surface area contributed by atoms with Crippen LogP contribution in [0.25, 0.3) is 11.1 Å². The standard InChI is InChI=1S/C20H13BrClFO3/c21-20-13(4-2-6-16(20)12-3-1-5-15(23)7-12)11-26-19-9-18(25)14(10-24)8-17(19)22/h1-10,25H,11H2. The number of aldehydes is 1. The van der Waals surface area contributed by atoms with Crippen LogP contribution in [-0.4, -0.2) is 11.4 Å². The van der Waals surface area contributed by atoms with E-state index in [-0.39, 0.29) is 34.5 Å². The van der Waals surface area contributed by atoms with Crippen LogP contribution in [0.15, 0.2) is 59.1 Å². The van der Waals surface area contributed by atoms with Gasteiger partial charge in [-0.2, -0.15) is 0 Å². The largest absolute Gasteiger partial charge is 0.507 e.